The van der Waals surface area contributed by atoms with Crippen LogP contribution >= 0.6 is 15.9 Å². The first-order chi connectivity index (χ1) is 5.11. The van der Waals surface area contributed by atoms with Gasteiger partial charge >= 0.3 is 0 Å². The summed E-state index contributed by atoms with van der Waals surface area (Å²) in [6, 6.07) is 1.71. The molecule has 0 unspecified atom stereocenters. The third kappa shape index (κ3) is 1.99. The van der Waals surface area contributed by atoms with Crippen LogP contribution in [-0.2, 0) is 0 Å². The van der Waals surface area contributed by atoms with E-state index in [4.69, 9.17) is 0 Å². The summed E-state index contributed by atoms with van der Waals surface area (Å²) in [5.74, 6) is 0.0290. The lowest BCUT2D eigenvalue weighted by Gasteiger charge is -2.03. The fourth-order valence-electron chi connectivity index (χ4n) is 0.745. The van der Waals surface area contributed by atoms with Gasteiger partial charge in [0, 0.05) is 5.69 Å². The molecule has 1 aromatic rings. The number of rotatable bonds is 1. The van der Waals surface area contributed by atoms with Gasteiger partial charge in [-0.3, -0.25) is 4.98 Å². The van der Waals surface area contributed by atoms with Crippen molar-refractivity contribution < 1.29 is 4.39 Å². The molecule has 0 N–H and O–H groups in total. The summed E-state index contributed by atoms with van der Waals surface area (Å²) in [7, 11) is 0. The van der Waals surface area contributed by atoms with Crippen LogP contribution in [0, 0.1) is 5.82 Å². The third-order valence-corrected chi connectivity index (χ3v) is 2.03. The van der Waals surface area contributed by atoms with Crippen molar-refractivity contribution in [2.75, 3.05) is 0 Å². The van der Waals surface area contributed by atoms with E-state index in [-0.39, 0.29) is 5.82 Å². The van der Waals surface area contributed by atoms with E-state index in [9.17, 15) is 4.39 Å². The Morgan fingerprint density at radius 2 is 2.18 bits per heavy atom. The van der Waals surface area contributed by atoms with E-state index in [1.54, 1.807) is 6.07 Å². The zero-order chi connectivity index (χ0) is 8.43. The van der Waals surface area contributed by atoms with Crippen molar-refractivity contribution in [1.82, 2.24) is 4.98 Å². The van der Waals surface area contributed by atoms with Crippen LogP contribution in [0.4, 0.5) is 4.39 Å². The minimum atomic E-state index is -0.311. The van der Waals surface area contributed by atoms with Gasteiger partial charge in [0.25, 0.3) is 0 Å². The Labute approximate surface area is 73.8 Å². The zero-order valence-electron chi connectivity index (χ0n) is 6.44. The van der Waals surface area contributed by atoms with E-state index in [1.165, 1.54) is 6.20 Å². The summed E-state index contributed by atoms with van der Waals surface area (Å²) in [6.45, 7) is 4.04. The molecule has 1 nitrogen and oxygen atoms in total. The lowest BCUT2D eigenvalue weighted by Crippen LogP contribution is -1.93. The molecule has 0 aromatic carbocycles. The van der Waals surface area contributed by atoms with Crippen LogP contribution in [0.25, 0.3) is 0 Å². The fourth-order valence-corrected chi connectivity index (χ4v) is 1.08. The summed E-state index contributed by atoms with van der Waals surface area (Å²) in [4.78, 5) is 3.93. The predicted molar refractivity (Wildman–Crippen MR) is 46.0 cm³/mol. The lowest BCUT2D eigenvalue weighted by atomic mass is 10.1. The molecule has 0 amide bonds. The molecule has 0 spiro atoms. The second-order valence-corrected chi connectivity index (χ2v) is 3.53. The van der Waals surface area contributed by atoms with Gasteiger partial charge in [0.2, 0.25) is 0 Å². The molecule has 60 valence electrons. The summed E-state index contributed by atoms with van der Waals surface area (Å²) in [6.07, 6.45) is 1.24. The second-order valence-electron chi connectivity index (χ2n) is 2.68. The van der Waals surface area contributed by atoms with Crippen molar-refractivity contribution in [3.8, 4) is 0 Å². The number of hydrogen-bond acceptors (Lipinski definition) is 1. The Hall–Kier alpha value is -0.440. The molecule has 0 saturated heterocycles. The molecule has 11 heavy (non-hydrogen) atoms. The van der Waals surface area contributed by atoms with Gasteiger partial charge in [-0.25, -0.2) is 4.39 Å². The maximum atomic E-state index is 12.7. The molecule has 0 aliphatic rings. The Balaban J connectivity index is 3.05. The number of pyridine rings is 1. The lowest BCUT2D eigenvalue weighted by molar-refractivity contribution is 0.610. The van der Waals surface area contributed by atoms with Crippen LogP contribution in [0.3, 0.4) is 0 Å². The van der Waals surface area contributed by atoms with Crippen molar-refractivity contribution in [2.24, 2.45) is 0 Å². The highest BCUT2D eigenvalue weighted by Crippen LogP contribution is 2.19. The molecule has 1 aromatic heterocycles. The smallest absolute Gasteiger partial charge is 0.155 e. The fraction of sp³-hybridized carbons (Fsp3) is 0.375. The second kappa shape index (κ2) is 3.30. The molecular weight excluding hydrogens is 209 g/mol. The standard InChI is InChI=1S/C8H9BrFN/c1-5(2)8-3-6(9)7(10)4-11-8/h3-5H,1-2H3. The average molecular weight is 218 g/mol. The molecule has 1 heterocycles. The zero-order valence-corrected chi connectivity index (χ0v) is 8.02. The van der Waals surface area contributed by atoms with Crippen LogP contribution in [-0.4, -0.2) is 4.98 Å². The highest BCUT2D eigenvalue weighted by molar-refractivity contribution is 9.10. The summed E-state index contributed by atoms with van der Waals surface area (Å²) in [5.41, 5.74) is 0.901. The summed E-state index contributed by atoms with van der Waals surface area (Å²) in [5, 5.41) is 0. The molecule has 0 bridgehead atoms. The normalized spacial score (nSPS) is 10.6. The SMILES string of the molecule is CC(C)c1cc(Br)c(F)cn1. The molecule has 0 aliphatic carbocycles. The summed E-state index contributed by atoms with van der Waals surface area (Å²) < 4.78 is 13.1. The van der Waals surface area contributed by atoms with E-state index in [0.717, 1.165) is 5.69 Å². The molecule has 0 fully saturated rings. The minimum absolute atomic E-state index is 0.311. The first-order valence-electron chi connectivity index (χ1n) is 3.42. The number of halogens is 2. The van der Waals surface area contributed by atoms with Gasteiger partial charge in [-0.15, -0.1) is 0 Å². The Morgan fingerprint density at radius 1 is 1.55 bits per heavy atom. The van der Waals surface area contributed by atoms with Gasteiger partial charge in [0.05, 0.1) is 10.7 Å². The van der Waals surface area contributed by atoms with Gasteiger partial charge < -0.3 is 0 Å². The van der Waals surface area contributed by atoms with Crippen LogP contribution in [0.5, 0.6) is 0 Å². The van der Waals surface area contributed by atoms with E-state index in [0.29, 0.717) is 10.4 Å². The van der Waals surface area contributed by atoms with Gasteiger partial charge in [-0.1, -0.05) is 13.8 Å². The topological polar surface area (TPSA) is 12.9 Å². The van der Waals surface area contributed by atoms with Crippen molar-refractivity contribution in [2.45, 2.75) is 19.8 Å². The van der Waals surface area contributed by atoms with Crippen LogP contribution in [0.15, 0.2) is 16.7 Å². The number of aromatic nitrogens is 1. The molecule has 3 heteroatoms. The average Bonchev–Trinajstić information content (AvgIpc) is 1.94. The summed E-state index contributed by atoms with van der Waals surface area (Å²) >= 11 is 3.10. The van der Waals surface area contributed by atoms with Gasteiger partial charge in [0.15, 0.2) is 5.82 Å². The monoisotopic (exact) mass is 217 g/mol. The maximum absolute atomic E-state index is 12.7. The van der Waals surface area contributed by atoms with Gasteiger partial charge in [0.1, 0.15) is 0 Å². The highest BCUT2D eigenvalue weighted by Gasteiger charge is 2.04. The maximum Gasteiger partial charge on any atom is 0.155 e. The van der Waals surface area contributed by atoms with Crippen LogP contribution in [0.1, 0.15) is 25.5 Å². The minimum Gasteiger partial charge on any atom is -0.258 e. The first kappa shape index (κ1) is 8.65. The molecule has 0 saturated carbocycles. The predicted octanol–water partition coefficient (Wildman–Crippen LogP) is 3.11. The highest BCUT2D eigenvalue weighted by atomic mass is 79.9. The van der Waals surface area contributed by atoms with Gasteiger partial charge in [-0.05, 0) is 27.9 Å². The van der Waals surface area contributed by atoms with E-state index in [2.05, 4.69) is 20.9 Å². The Bertz CT molecular complexity index is 260. The number of hydrogen-bond donors (Lipinski definition) is 0. The van der Waals surface area contributed by atoms with Crippen molar-refractivity contribution in [1.29, 1.82) is 0 Å². The molecule has 0 aliphatic heterocycles. The third-order valence-electron chi connectivity index (χ3n) is 1.42. The molecule has 1 rings (SSSR count). The quantitative estimate of drug-likeness (QED) is 0.705. The molecule has 0 atom stereocenters. The van der Waals surface area contributed by atoms with E-state index >= 15 is 0 Å². The molecular formula is C8H9BrFN. The van der Waals surface area contributed by atoms with E-state index in [1.807, 2.05) is 13.8 Å². The number of nitrogens with zero attached hydrogens (tertiary/aromatic N) is 1. The largest absolute Gasteiger partial charge is 0.258 e. The van der Waals surface area contributed by atoms with Crippen LogP contribution in [0.2, 0.25) is 0 Å². The Morgan fingerprint density at radius 3 is 2.64 bits per heavy atom. The van der Waals surface area contributed by atoms with Crippen LogP contribution < -0.4 is 0 Å². The molecule has 0 radical (unpaired) electrons. The first-order valence-corrected chi connectivity index (χ1v) is 4.21. The Kier molecular flexibility index (Phi) is 2.60. The van der Waals surface area contributed by atoms with E-state index < -0.39 is 0 Å². The van der Waals surface area contributed by atoms with Crippen molar-refractivity contribution >= 4 is 15.9 Å². The van der Waals surface area contributed by atoms with Gasteiger partial charge in [-0.2, -0.15) is 0 Å². The van der Waals surface area contributed by atoms with Crippen molar-refractivity contribution in [3.05, 3.63) is 28.2 Å². The van der Waals surface area contributed by atoms with Crippen molar-refractivity contribution in [3.63, 3.8) is 0 Å².